The molecule has 0 aliphatic rings. The lowest BCUT2D eigenvalue weighted by molar-refractivity contribution is -0.117. The lowest BCUT2D eigenvalue weighted by Crippen LogP contribution is -2.14. The molecule has 3 heteroatoms. The van der Waals surface area contributed by atoms with Crippen molar-refractivity contribution in [3.05, 3.63) is 60.2 Å². The van der Waals surface area contributed by atoms with Gasteiger partial charge in [0.2, 0.25) is 0 Å². The minimum absolute atomic E-state index is 0.0509. The van der Waals surface area contributed by atoms with Gasteiger partial charge in [-0.3, -0.25) is 4.79 Å². The molecule has 0 aromatic heterocycles. The summed E-state index contributed by atoms with van der Waals surface area (Å²) in [5.41, 5.74) is 1.98. The third-order valence-electron chi connectivity index (χ3n) is 3.13. The second kappa shape index (κ2) is 6.75. The molecule has 0 radical (unpaired) electrons. The fourth-order valence-corrected chi connectivity index (χ4v) is 2.18. The number of hydrogen-bond donors (Lipinski definition) is 1. The van der Waals surface area contributed by atoms with Crippen molar-refractivity contribution in [1.29, 1.82) is 0 Å². The summed E-state index contributed by atoms with van der Waals surface area (Å²) in [6.07, 6.45) is 0.446. The van der Waals surface area contributed by atoms with E-state index in [-0.39, 0.29) is 11.8 Å². The summed E-state index contributed by atoms with van der Waals surface area (Å²) in [4.78, 5) is 11.5. The van der Waals surface area contributed by atoms with Gasteiger partial charge >= 0.3 is 0 Å². The molecule has 0 amide bonds. The number of carbonyl (C=O) groups excluding carboxylic acids is 1. The van der Waals surface area contributed by atoms with E-state index < -0.39 is 0 Å². The number of Topliss-reactive ketones (excluding diaryl/α,β-unsaturated/α-hetero) is 1. The van der Waals surface area contributed by atoms with E-state index in [2.05, 4.69) is 5.32 Å². The van der Waals surface area contributed by atoms with Gasteiger partial charge in [-0.25, -0.2) is 0 Å². The summed E-state index contributed by atoms with van der Waals surface area (Å²) in [5.74, 6) is 0.929. The average molecular weight is 269 g/mol. The average Bonchev–Trinajstić information content (AvgIpc) is 2.47. The van der Waals surface area contributed by atoms with Crippen LogP contribution < -0.4 is 10.1 Å². The Balaban J connectivity index is 2.26. The molecule has 2 aromatic carbocycles. The molecular formula is C17H19NO2. The first-order valence-electron chi connectivity index (χ1n) is 6.64. The highest BCUT2D eigenvalue weighted by atomic mass is 16.5. The van der Waals surface area contributed by atoms with Crippen molar-refractivity contribution in [2.24, 2.45) is 0 Å². The van der Waals surface area contributed by atoms with Gasteiger partial charge in [0, 0.05) is 6.42 Å². The van der Waals surface area contributed by atoms with Crippen molar-refractivity contribution >= 4 is 11.5 Å². The molecule has 2 aromatic rings. The van der Waals surface area contributed by atoms with Gasteiger partial charge in [0.1, 0.15) is 11.5 Å². The fraction of sp³-hybridized carbons (Fsp3) is 0.235. The van der Waals surface area contributed by atoms with E-state index in [0.717, 1.165) is 17.0 Å². The predicted molar refractivity (Wildman–Crippen MR) is 81.1 cm³/mol. The smallest absolute Gasteiger partial charge is 0.141 e. The molecule has 20 heavy (non-hydrogen) atoms. The van der Waals surface area contributed by atoms with Gasteiger partial charge in [0.05, 0.1) is 18.8 Å². The highest BCUT2D eigenvalue weighted by Crippen LogP contribution is 2.29. The van der Waals surface area contributed by atoms with Gasteiger partial charge in [0.25, 0.3) is 0 Å². The van der Waals surface area contributed by atoms with Crippen molar-refractivity contribution in [3.8, 4) is 5.75 Å². The van der Waals surface area contributed by atoms with Gasteiger partial charge in [-0.1, -0.05) is 42.5 Å². The van der Waals surface area contributed by atoms with Gasteiger partial charge in [-0.05, 0) is 24.6 Å². The molecule has 0 spiro atoms. The van der Waals surface area contributed by atoms with Crippen LogP contribution >= 0.6 is 0 Å². The van der Waals surface area contributed by atoms with Gasteiger partial charge in [0.15, 0.2) is 0 Å². The summed E-state index contributed by atoms with van der Waals surface area (Å²) in [7, 11) is 1.64. The van der Waals surface area contributed by atoms with E-state index >= 15 is 0 Å². The SMILES string of the molecule is COc1ccccc1N[C@@H](CC(C)=O)c1ccccc1. The van der Waals surface area contributed by atoms with Crippen molar-refractivity contribution < 1.29 is 9.53 Å². The molecule has 0 saturated heterocycles. The first-order chi connectivity index (χ1) is 9.70. The molecule has 1 N–H and O–H groups in total. The third-order valence-corrected chi connectivity index (χ3v) is 3.13. The van der Waals surface area contributed by atoms with E-state index in [0.29, 0.717) is 6.42 Å². The molecular weight excluding hydrogens is 250 g/mol. The zero-order chi connectivity index (χ0) is 14.4. The lowest BCUT2D eigenvalue weighted by atomic mass is 10.0. The van der Waals surface area contributed by atoms with Crippen LogP contribution in [0, 0.1) is 0 Å². The second-order valence-electron chi connectivity index (χ2n) is 4.71. The van der Waals surface area contributed by atoms with E-state index in [1.807, 2.05) is 54.6 Å². The Morgan fingerprint density at radius 2 is 1.75 bits per heavy atom. The number of para-hydroxylation sites is 2. The Bertz CT molecular complexity index is 566. The van der Waals surface area contributed by atoms with Crippen LogP contribution in [0.15, 0.2) is 54.6 Å². The Labute approximate surface area is 119 Å². The van der Waals surface area contributed by atoms with Crippen LogP contribution in [0.1, 0.15) is 24.9 Å². The first kappa shape index (κ1) is 14.1. The maximum Gasteiger partial charge on any atom is 0.141 e. The zero-order valence-electron chi connectivity index (χ0n) is 11.8. The van der Waals surface area contributed by atoms with Crippen LogP contribution in [0.2, 0.25) is 0 Å². The molecule has 1 atom stereocenters. The highest BCUT2D eigenvalue weighted by molar-refractivity contribution is 5.77. The van der Waals surface area contributed by atoms with E-state index in [4.69, 9.17) is 4.74 Å². The van der Waals surface area contributed by atoms with Crippen LogP contribution in [-0.2, 0) is 4.79 Å². The molecule has 0 unspecified atom stereocenters. The van der Waals surface area contributed by atoms with Crippen LogP contribution in [0.3, 0.4) is 0 Å². The highest BCUT2D eigenvalue weighted by Gasteiger charge is 2.15. The minimum Gasteiger partial charge on any atom is -0.495 e. The third kappa shape index (κ3) is 3.60. The molecule has 3 nitrogen and oxygen atoms in total. The molecule has 2 rings (SSSR count). The predicted octanol–water partition coefficient (Wildman–Crippen LogP) is 3.83. The van der Waals surface area contributed by atoms with E-state index in [9.17, 15) is 4.79 Å². The number of ketones is 1. The molecule has 0 bridgehead atoms. The van der Waals surface area contributed by atoms with Crippen molar-refractivity contribution in [2.75, 3.05) is 12.4 Å². The molecule has 0 saturated carbocycles. The summed E-state index contributed by atoms with van der Waals surface area (Å²) in [6, 6.07) is 17.6. The normalized spacial score (nSPS) is 11.7. The monoisotopic (exact) mass is 269 g/mol. The quantitative estimate of drug-likeness (QED) is 0.866. The number of nitrogens with one attached hydrogen (secondary N) is 1. The lowest BCUT2D eigenvalue weighted by Gasteiger charge is -2.20. The summed E-state index contributed by atoms with van der Waals surface area (Å²) in [5, 5.41) is 3.40. The number of methoxy groups -OCH3 is 1. The van der Waals surface area contributed by atoms with E-state index in [1.54, 1.807) is 14.0 Å². The molecule has 0 fully saturated rings. The molecule has 0 aliphatic heterocycles. The van der Waals surface area contributed by atoms with Crippen molar-refractivity contribution in [1.82, 2.24) is 0 Å². The van der Waals surface area contributed by atoms with Gasteiger partial charge in [-0.2, -0.15) is 0 Å². The number of rotatable bonds is 6. The number of anilines is 1. The van der Waals surface area contributed by atoms with Crippen molar-refractivity contribution in [2.45, 2.75) is 19.4 Å². The maximum atomic E-state index is 11.5. The Morgan fingerprint density at radius 1 is 1.10 bits per heavy atom. The van der Waals surface area contributed by atoms with Gasteiger partial charge < -0.3 is 10.1 Å². The van der Waals surface area contributed by atoms with Crippen molar-refractivity contribution in [3.63, 3.8) is 0 Å². The Kier molecular flexibility index (Phi) is 4.77. The van der Waals surface area contributed by atoms with Gasteiger partial charge in [-0.15, -0.1) is 0 Å². The van der Waals surface area contributed by atoms with Crippen LogP contribution in [0.5, 0.6) is 5.75 Å². The number of benzene rings is 2. The van der Waals surface area contributed by atoms with Crippen LogP contribution in [0.4, 0.5) is 5.69 Å². The Morgan fingerprint density at radius 3 is 2.40 bits per heavy atom. The summed E-state index contributed by atoms with van der Waals surface area (Å²) in [6.45, 7) is 1.61. The molecule has 0 aliphatic carbocycles. The topological polar surface area (TPSA) is 38.3 Å². The first-order valence-corrected chi connectivity index (χ1v) is 6.64. The summed E-state index contributed by atoms with van der Waals surface area (Å²) >= 11 is 0. The molecule has 0 heterocycles. The number of ether oxygens (including phenoxy) is 1. The summed E-state index contributed by atoms with van der Waals surface area (Å²) < 4.78 is 5.34. The largest absolute Gasteiger partial charge is 0.495 e. The number of carbonyl (C=O) groups is 1. The standard InChI is InChI=1S/C17H19NO2/c1-13(19)12-16(14-8-4-3-5-9-14)18-15-10-6-7-11-17(15)20-2/h3-11,16,18H,12H2,1-2H3/t16-/m0/s1. The molecule has 104 valence electrons. The Hall–Kier alpha value is -2.29. The zero-order valence-corrected chi connectivity index (χ0v) is 11.8. The van der Waals surface area contributed by atoms with E-state index in [1.165, 1.54) is 0 Å². The number of hydrogen-bond acceptors (Lipinski definition) is 3. The van der Waals surface area contributed by atoms with Crippen LogP contribution in [-0.4, -0.2) is 12.9 Å². The fourth-order valence-electron chi connectivity index (χ4n) is 2.18. The second-order valence-corrected chi connectivity index (χ2v) is 4.71. The minimum atomic E-state index is -0.0509. The maximum absolute atomic E-state index is 11.5. The van der Waals surface area contributed by atoms with Crippen LogP contribution in [0.25, 0.3) is 0 Å².